The molecule has 4 heavy (non-hydrogen) atoms. The Morgan fingerprint density at radius 2 is 0.500 bits per heavy atom. The van der Waals surface area contributed by atoms with Crippen LogP contribution in [-0.2, 0) is 0 Å². The van der Waals surface area contributed by atoms with Gasteiger partial charge in [-0.25, -0.2) is 0 Å². The molecule has 0 bridgehead atoms. The molecule has 0 fully saturated rings. The Balaban J connectivity index is 0. The van der Waals surface area contributed by atoms with Gasteiger partial charge in [-0.1, -0.05) is 0 Å². The van der Waals surface area contributed by atoms with E-state index < -0.39 is 0 Å². The summed E-state index contributed by atoms with van der Waals surface area (Å²) in [5.41, 5.74) is 0. The van der Waals surface area contributed by atoms with Gasteiger partial charge in [-0.2, -0.15) is 0 Å². The van der Waals surface area contributed by atoms with Gasteiger partial charge in [0.1, 0.15) is 0 Å². The van der Waals surface area contributed by atoms with E-state index in [1.165, 1.54) is 0 Å². The molecule has 38 valence electrons. The molecule has 0 aromatic heterocycles. The summed E-state index contributed by atoms with van der Waals surface area (Å²) in [4.78, 5) is 0. The Morgan fingerprint density at radius 3 is 0.500 bits per heavy atom. The van der Waals surface area contributed by atoms with Crippen LogP contribution in [0.4, 0.5) is 0 Å². The number of hydrogen-bond donors (Lipinski definition) is 0. The van der Waals surface area contributed by atoms with Crippen molar-refractivity contribution in [1.82, 2.24) is 0 Å². The third kappa shape index (κ3) is 8.89. The van der Waals surface area contributed by atoms with E-state index in [0.717, 1.165) is 0 Å². The molecule has 0 nitrogen and oxygen atoms in total. The van der Waals surface area contributed by atoms with Crippen LogP contribution in [0, 0.1) is 0 Å². The molecular formula is H21AsGe3. The number of rotatable bonds is 0. The summed E-state index contributed by atoms with van der Waals surface area (Å²) in [5.74, 6) is 0. The third-order valence-electron chi connectivity index (χ3n) is 0. The van der Waals surface area contributed by atoms with Gasteiger partial charge in [0.2, 0.25) is 0 Å². The summed E-state index contributed by atoms with van der Waals surface area (Å²) in [6, 6.07) is 0. The van der Waals surface area contributed by atoms with Crippen molar-refractivity contribution < 1.29 is 0 Å². The zero-order chi connectivity index (χ0) is 0. The predicted octanol–water partition coefficient (Wildman–Crippen LogP) is -7.14. The standard InChI is InChI=1S/AsH6.3GeH5/h1H6;3*1H5/q+3;3*-1. The van der Waals surface area contributed by atoms with E-state index in [4.69, 9.17) is 0 Å². The average Bonchev–Trinajstić information content (AvgIpc) is 0. The summed E-state index contributed by atoms with van der Waals surface area (Å²) < 4.78 is 0. The van der Waals surface area contributed by atoms with Crippen LogP contribution in [0.3, 0.4) is 0 Å². The van der Waals surface area contributed by atoms with Crippen LogP contribution in [0.2, 0.25) is 0 Å². The van der Waals surface area contributed by atoms with Crippen LogP contribution in [0.25, 0.3) is 0 Å². The van der Waals surface area contributed by atoms with Gasteiger partial charge in [0.15, 0.2) is 0 Å². The first-order chi connectivity index (χ1) is 0. The molecule has 0 unspecified atom stereocenters. The van der Waals surface area contributed by atoms with Crippen LogP contribution >= 0.6 is 0 Å². The summed E-state index contributed by atoms with van der Waals surface area (Å²) in [5, 5.41) is 0. The molecule has 0 aliphatic carbocycles. The zero-order valence-corrected chi connectivity index (χ0v) is 0.000317. The predicted molar refractivity (Wildman–Crippen MR) is 52.3 cm³/mol. The summed E-state index contributed by atoms with van der Waals surface area (Å²) >= 11 is 0. The molecule has 0 saturated carbocycles. The molecule has 0 spiro atoms. The Morgan fingerprint density at radius 1 is 0.500 bits per heavy atom. The second-order valence-corrected chi connectivity index (χ2v) is 0. The van der Waals surface area contributed by atoms with E-state index in [1.54, 1.807) is 0 Å². The molecule has 0 rings (SSSR count). The fourth-order valence-electron chi connectivity index (χ4n) is 0. The normalized spacial score (nSPS) is 0. The Labute approximate surface area is 70.1 Å². The first-order valence-corrected chi connectivity index (χ1v) is 0. The maximum absolute atomic E-state index is 0. The molecule has 0 aromatic rings. The zero-order valence-electron chi connectivity index (χ0n) is 0.0000610. The molecule has 0 N–H and O–H groups in total. The second kappa shape index (κ2) is 19.0. The van der Waals surface area contributed by atoms with E-state index >= 15 is 0 Å². The average molecular weight is 314 g/mol. The monoisotopic (exact) mass is 318 g/mol. The number of hydrogen-bond acceptors (Lipinski definition) is 0. The molecule has 4 heteroatoms. The van der Waals surface area contributed by atoms with Crippen molar-refractivity contribution in [3.8, 4) is 0 Å². The van der Waals surface area contributed by atoms with Crippen LogP contribution in [0.1, 0.15) is 0 Å². The van der Waals surface area contributed by atoms with Crippen molar-refractivity contribution in [2.45, 2.75) is 0 Å². The van der Waals surface area contributed by atoms with E-state index in [9.17, 15) is 0 Å². The Bertz CT molecular complexity index is 3.25. The minimum atomic E-state index is 0. The Hall–Kier alpha value is 2.19. The molecule has 0 saturated heterocycles. The molecule has 0 atom stereocenters. The molecule has 0 aliphatic rings. The van der Waals surface area contributed by atoms with Gasteiger partial charge in [0, 0.05) is 0 Å². The van der Waals surface area contributed by atoms with Gasteiger partial charge in [0.25, 0.3) is 0 Å². The minimum absolute atomic E-state index is 0. The van der Waals surface area contributed by atoms with Crippen molar-refractivity contribution >= 4 is 70.7 Å². The van der Waals surface area contributed by atoms with E-state index in [0.29, 0.717) is 0 Å². The van der Waals surface area contributed by atoms with Crippen LogP contribution in [0.15, 0.2) is 0 Å². The molecular weight excluding hydrogens is 293 g/mol. The summed E-state index contributed by atoms with van der Waals surface area (Å²) in [6.07, 6.45) is 0. The van der Waals surface area contributed by atoms with Crippen molar-refractivity contribution in [1.29, 1.82) is 0 Å². The van der Waals surface area contributed by atoms with Crippen LogP contribution in [-0.4, -0.2) is 70.7 Å². The van der Waals surface area contributed by atoms with Crippen LogP contribution in [0.5, 0.6) is 0 Å². The van der Waals surface area contributed by atoms with E-state index in [2.05, 4.69) is 0 Å². The molecule has 0 heterocycles. The van der Waals surface area contributed by atoms with Gasteiger partial charge < -0.3 is 0 Å². The summed E-state index contributed by atoms with van der Waals surface area (Å²) in [6.45, 7) is 0. The fourth-order valence-corrected chi connectivity index (χ4v) is 0. The van der Waals surface area contributed by atoms with Gasteiger partial charge in [0.05, 0.1) is 0 Å². The van der Waals surface area contributed by atoms with Gasteiger partial charge in [-0.05, 0) is 0 Å². The third-order valence-corrected chi connectivity index (χ3v) is 0. The van der Waals surface area contributed by atoms with Crippen LogP contribution < -0.4 is 0 Å². The molecule has 0 aromatic carbocycles. The SMILES string of the molecule is [AsH6+3].[GeH5-].[GeH5-].[GeH5-]. The van der Waals surface area contributed by atoms with Gasteiger partial charge >= 0.3 is 70.7 Å². The van der Waals surface area contributed by atoms with Gasteiger partial charge in [-0.3, -0.25) is 0 Å². The topological polar surface area (TPSA) is 0 Å². The van der Waals surface area contributed by atoms with Crippen molar-refractivity contribution in [2.24, 2.45) is 0 Å². The molecule has 0 amide bonds. The van der Waals surface area contributed by atoms with Crippen molar-refractivity contribution in [3.63, 3.8) is 0 Å². The van der Waals surface area contributed by atoms with E-state index in [-0.39, 0.29) is 70.7 Å². The quantitative estimate of drug-likeness (QED) is 0.390. The molecule has 0 radical (unpaired) electrons. The first-order valence-electron chi connectivity index (χ1n) is 0. The fraction of sp³-hybridized carbons (Fsp3) is 0. The Kier molecular flexibility index (Phi) is 165. The van der Waals surface area contributed by atoms with Crippen molar-refractivity contribution in [2.75, 3.05) is 0 Å². The molecule has 0 aliphatic heterocycles. The van der Waals surface area contributed by atoms with E-state index in [1.807, 2.05) is 0 Å². The first kappa shape index (κ1) is 34.8. The maximum atomic E-state index is 0. The second-order valence-electron chi connectivity index (χ2n) is 0. The van der Waals surface area contributed by atoms with Crippen molar-refractivity contribution in [3.05, 3.63) is 0 Å². The summed E-state index contributed by atoms with van der Waals surface area (Å²) in [7, 11) is 0. The van der Waals surface area contributed by atoms with Gasteiger partial charge in [-0.15, -0.1) is 0 Å².